The van der Waals surface area contributed by atoms with Gasteiger partial charge in [0, 0.05) is 31.9 Å². The van der Waals surface area contributed by atoms with Gasteiger partial charge in [0.25, 0.3) is 0 Å². The van der Waals surface area contributed by atoms with Crippen LogP contribution in [-0.2, 0) is 17.8 Å². The molecule has 3 aliphatic rings. The van der Waals surface area contributed by atoms with Gasteiger partial charge in [-0.1, -0.05) is 49.1 Å². The number of benzene rings is 2. The lowest BCUT2D eigenvalue weighted by Gasteiger charge is -2.37. The number of likely N-dealkylation sites (tertiary alicyclic amines) is 1. The molecule has 2 heterocycles. The third-order valence-corrected chi connectivity index (χ3v) is 9.63. The Kier molecular flexibility index (Phi) is 8.16. The smallest absolute Gasteiger partial charge is 0.240 e. The second kappa shape index (κ2) is 11.4. The van der Waals surface area contributed by atoms with E-state index in [-0.39, 0.29) is 11.9 Å². The Labute approximate surface area is 230 Å². The lowest BCUT2D eigenvalue weighted by molar-refractivity contribution is -0.135. The maximum atomic E-state index is 13.8. The van der Waals surface area contributed by atoms with Crippen molar-refractivity contribution >= 4 is 11.6 Å². The van der Waals surface area contributed by atoms with E-state index in [1.165, 1.54) is 90.7 Å². The number of nitrogens with two attached hydrogens (primary N) is 1. The zero-order chi connectivity index (χ0) is 26.9. The molecule has 1 spiro atoms. The summed E-state index contributed by atoms with van der Waals surface area (Å²) in [5.41, 5.74) is 15.9. The maximum Gasteiger partial charge on any atom is 0.240 e. The van der Waals surface area contributed by atoms with Crippen LogP contribution in [0.1, 0.15) is 91.3 Å². The number of rotatable bonds is 7. The fourth-order valence-electron chi connectivity index (χ4n) is 7.68. The molecule has 5 nitrogen and oxygen atoms in total. The number of hydrogen-bond acceptors (Lipinski definition) is 4. The molecule has 0 bridgehead atoms. The van der Waals surface area contributed by atoms with Gasteiger partial charge in [0.15, 0.2) is 0 Å². The van der Waals surface area contributed by atoms with Crippen molar-refractivity contribution in [3.05, 3.63) is 63.7 Å². The largest absolute Gasteiger partial charge is 0.385 e. The predicted octanol–water partition coefficient (Wildman–Crippen LogP) is 6.04. The molecule has 0 aromatic heterocycles. The lowest BCUT2D eigenvalue weighted by atomic mass is 9.73. The van der Waals surface area contributed by atoms with Crippen molar-refractivity contribution in [2.75, 3.05) is 31.5 Å². The Bertz CT molecular complexity index is 1130. The number of carbonyl (C=O) groups excluding carboxylic acids is 1. The SMILES string of the molecule is CCN(C(=O)C(N)Cc1c(C)cc(C)cc1C)C1CCNc2ccc(CN3CCC4(CCCCC4)C3)cc21. The molecule has 2 aromatic rings. The Morgan fingerprint density at radius 1 is 1.11 bits per heavy atom. The summed E-state index contributed by atoms with van der Waals surface area (Å²) in [5, 5.41) is 3.58. The molecule has 2 unspecified atom stereocenters. The average Bonchev–Trinajstić information content (AvgIpc) is 3.28. The number of anilines is 1. The molecule has 1 aliphatic carbocycles. The second-order valence-corrected chi connectivity index (χ2v) is 12.5. The Morgan fingerprint density at radius 3 is 2.55 bits per heavy atom. The summed E-state index contributed by atoms with van der Waals surface area (Å²) < 4.78 is 0. The number of likely N-dealkylation sites (N-methyl/N-ethyl adjacent to an activating group) is 1. The van der Waals surface area contributed by atoms with Crippen LogP contribution in [0.4, 0.5) is 5.69 Å². The van der Waals surface area contributed by atoms with Crippen molar-refractivity contribution in [1.29, 1.82) is 0 Å². The normalized spacial score (nSPS) is 21.7. The molecule has 2 aliphatic heterocycles. The van der Waals surface area contributed by atoms with Crippen molar-refractivity contribution in [2.45, 2.75) is 97.7 Å². The zero-order valence-electron chi connectivity index (χ0n) is 24.1. The summed E-state index contributed by atoms with van der Waals surface area (Å²) in [6.45, 7) is 13.5. The van der Waals surface area contributed by atoms with Crippen molar-refractivity contribution < 1.29 is 4.79 Å². The molecule has 1 amide bonds. The standard InChI is InChI=1S/C33H48N4O/c1-5-37(32(38)29(34)20-27-24(3)17-23(2)18-25(27)4)31-11-15-35-30-10-9-26(19-28(30)31)21-36-16-14-33(22-36)12-7-6-8-13-33/h9-10,17-19,29,31,35H,5-8,11-16,20-22,34H2,1-4H3. The van der Waals surface area contributed by atoms with Crippen LogP contribution in [0.25, 0.3) is 0 Å². The molecule has 0 radical (unpaired) electrons. The number of fused-ring (bicyclic) bond motifs is 1. The lowest BCUT2D eigenvalue weighted by Crippen LogP contribution is -2.47. The van der Waals surface area contributed by atoms with Gasteiger partial charge in [-0.05, 0) is 106 Å². The van der Waals surface area contributed by atoms with E-state index in [2.05, 4.69) is 68.2 Å². The van der Waals surface area contributed by atoms with Gasteiger partial charge >= 0.3 is 0 Å². The average molecular weight is 517 g/mol. The van der Waals surface area contributed by atoms with Gasteiger partial charge in [0.1, 0.15) is 0 Å². The number of amides is 1. The van der Waals surface area contributed by atoms with E-state index in [9.17, 15) is 4.79 Å². The second-order valence-electron chi connectivity index (χ2n) is 12.5. The highest BCUT2D eigenvalue weighted by molar-refractivity contribution is 5.83. The van der Waals surface area contributed by atoms with Gasteiger partial charge in [-0.15, -0.1) is 0 Å². The minimum absolute atomic E-state index is 0.0638. The summed E-state index contributed by atoms with van der Waals surface area (Å²) in [6.07, 6.45) is 9.92. The first-order valence-electron chi connectivity index (χ1n) is 15.0. The van der Waals surface area contributed by atoms with Gasteiger partial charge in [-0.3, -0.25) is 9.69 Å². The summed E-state index contributed by atoms with van der Waals surface area (Å²) in [4.78, 5) is 18.5. The highest BCUT2D eigenvalue weighted by Gasteiger charge is 2.39. The number of nitrogens with one attached hydrogen (secondary N) is 1. The van der Waals surface area contributed by atoms with Crippen LogP contribution >= 0.6 is 0 Å². The molecule has 38 heavy (non-hydrogen) atoms. The van der Waals surface area contributed by atoms with E-state index in [1.807, 2.05) is 4.90 Å². The molecule has 3 N–H and O–H groups in total. The van der Waals surface area contributed by atoms with Gasteiger partial charge < -0.3 is 16.0 Å². The molecule has 2 fully saturated rings. The highest BCUT2D eigenvalue weighted by atomic mass is 16.2. The Balaban J connectivity index is 1.31. The van der Waals surface area contributed by atoms with Crippen LogP contribution in [-0.4, -0.2) is 47.9 Å². The van der Waals surface area contributed by atoms with Gasteiger partial charge in [0.2, 0.25) is 5.91 Å². The van der Waals surface area contributed by atoms with Gasteiger partial charge in [-0.25, -0.2) is 0 Å². The van der Waals surface area contributed by atoms with Crippen LogP contribution < -0.4 is 11.1 Å². The van der Waals surface area contributed by atoms with Gasteiger partial charge in [0.05, 0.1) is 12.1 Å². The molecule has 2 aromatic carbocycles. The van der Waals surface area contributed by atoms with Crippen LogP contribution in [0, 0.1) is 26.2 Å². The number of aryl methyl sites for hydroxylation is 3. The summed E-state index contributed by atoms with van der Waals surface area (Å²) >= 11 is 0. The maximum absolute atomic E-state index is 13.8. The summed E-state index contributed by atoms with van der Waals surface area (Å²) in [7, 11) is 0. The predicted molar refractivity (Wildman–Crippen MR) is 157 cm³/mol. The van der Waals surface area contributed by atoms with Crippen molar-refractivity contribution in [2.24, 2.45) is 11.1 Å². The summed E-state index contributed by atoms with van der Waals surface area (Å²) in [5.74, 6) is 0.0638. The monoisotopic (exact) mass is 516 g/mol. The number of carbonyl (C=O) groups is 1. The van der Waals surface area contributed by atoms with Crippen LogP contribution in [0.3, 0.4) is 0 Å². The minimum Gasteiger partial charge on any atom is -0.385 e. The number of nitrogens with zero attached hydrogens (tertiary/aromatic N) is 2. The van der Waals surface area contributed by atoms with Gasteiger partial charge in [-0.2, -0.15) is 0 Å². The molecule has 1 saturated heterocycles. The molecular formula is C33H48N4O. The third kappa shape index (κ3) is 5.65. The van der Waals surface area contributed by atoms with E-state index in [1.54, 1.807) is 0 Å². The van der Waals surface area contributed by atoms with E-state index in [0.717, 1.165) is 19.5 Å². The van der Waals surface area contributed by atoms with Crippen LogP contribution in [0.5, 0.6) is 0 Å². The third-order valence-electron chi connectivity index (χ3n) is 9.63. The molecule has 5 heteroatoms. The first kappa shape index (κ1) is 27.2. The van der Waals surface area contributed by atoms with Crippen LogP contribution in [0.15, 0.2) is 30.3 Å². The number of hydrogen-bond donors (Lipinski definition) is 2. The minimum atomic E-state index is -0.534. The van der Waals surface area contributed by atoms with E-state index in [0.29, 0.717) is 18.4 Å². The topological polar surface area (TPSA) is 61.6 Å². The quantitative estimate of drug-likeness (QED) is 0.471. The molecular weight excluding hydrogens is 468 g/mol. The van der Waals surface area contributed by atoms with Crippen molar-refractivity contribution in [3.63, 3.8) is 0 Å². The van der Waals surface area contributed by atoms with E-state index in [4.69, 9.17) is 5.73 Å². The Morgan fingerprint density at radius 2 is 1.84 bits per heavy atom. The molecule has 1 saturated carbocycles. The first-order valence-corrected chi connectivity index (χ1v) is 15.0. The van der Waals surface area contributed by atoms with Crippen LogP contribution in [0.2, 0.25) is 0 Å². The fourth-order valence-corrected chi connectivity index (χ4v) is 7.68. The van der Waals surface area contributed by atoms with Crippen molar-refractivity contribution in [1.82, 2.24) is 9.80 Å². The molecule has 206 valence electrons. The van der Waals surface area contributed by atoms with E-state index < -0.39 is 6.04 Å². The van der Waals surface area contributed by atoms with Crippen molar-refractivity contribution in [3.8, 4) is 0 Å². The first-order chi connectivity index (χ1) is 18.3. The summed E-state index contributed by atoms with van der Waals surface area (Å²) in [6, 6.07) is 10.8. The zero-order valence-corrected chi connectivity index (χ0v) is 24.1. The highest BCUT2D eigenvalue weighted by Crippen LogP contribution is 2.44. The van der Waals surface area contributed by atoms with E-state index >= 15 is 0 Å². The molecule has 2 atom stereocenters. The fraction of sp³-hybridized carbons (Fsp3) is 0.606. The Hall–Kier alpha value is -2.37. The molecule has 5 rings (SSSR count).